The van der Waals surface area contributed by atoms with Crippen molar-refractivity contribution in [3.05, 3.63) is 58.5 Å². The van der Waals surface area contributed by atoms with Crippen molar-refractivity contribution in [1.82, 2.24) is 9.88 Å². The predicted octanol–water partition coefficient (Wildman–Crippen LogP) is 2.71. The van der Waals surface area contributed by atoms with Crippen molar-refractivity contribution in [3.63, 3.8) is 0 Å². The Labute approximate surface area is 135 Å². The molecule has 0 saturated heterocycles. The van der Waals surface area contributed by atoms with Gasteiger partial charge in [-0.05, 0) is 50.1 Å². The minimum absolute atomic E-state index is 0.0641. The van der Waals surface area contributed by atoms with E-state index in [0.29, 0.717) is 6.79 Å². The van der Waals surface area contributed by atoms with Gasteiger partial charge in [0.05, 0.1) is 0 Å². The van der Waals surface area contributed by atoms with E-state index < -0.39 is 0 Å². The van der Waals surface area contributed by atoms with Gasteiger partial charge >= 0.3 is 0 Å². The second-order valence-electron chi connectivity index (χ2n) is 5.73. The maximum atomic E-state index is 11.6. The largest absolute Gasteiger partial charge is 0.454 e. The third-order valence-corrected chi connectivity index (χ3v) is 4.07. The average Bonchev–Trinajstić information content (AvgIpc) is 3.03. The Morgan fingerprint density at radius 1 is 1.17 bits per heavy atom. The van der Waals surface area contributed by atoms with Gasteiger partial charge in [-0.1, -0.05) is 12.1 Å². The normalized spacial score (nSPS) is 14.0. The first-order valence-electron chi connectivity index (χ1n) is 8.02. The molecule has 0 bridgehead atoms. The number of unbranched alkanes of at least 4 members (excludes halogenated alkanes) is 1. The molecule has 122 valence electrons. The van der Waals surface area contributed by atoms with Gasteiger partial charge in [-0.2, -0.15) is 0 Å². The highest BCUT2D eigenvalue weighted by Crippen LogP contribution is 2.34. The molecule has 5 nitrogen and oxygen atoms in total. The minimum atomic E-state index is 0.0641. The molecule has 3 rings (SSSR count). The van der Waals surface area contributed by atoms with Crippen molar-refractivity contribution in [2.24, 2.45) is 0 Å². The zero-order valence-corrected chi connectivity index (χ0v) is 13.3. The summed E-state index contributed by atoms with van der Waals surface area (Å²) < 4.78 is 12.5. The molecule has 1 aromatic carbocycles. The molecule has 2 aromatic rings. The summed E-state index contributed by atoms with van der Waals surface area (Å²) >= 11 is 0. The summed E-state index contributed by atoms with van der Waals surface area (Å²) in [6.45, 7) is 4.12. The first kappa shape index (κ1) is 15.6. The molecule has 1 aliphatic heterocycles. The van der Waals surface area contributed by atoms with Gasteiger partial charge in [-0.15, -0.1) is 0 Å². The van der Waals surface area contributed by atoms with Crippen LogP contribution in [0.25, 0.3) is 0 Å². The fourth-order valence-corrected chi connectivity index (χ4v) is 2.67. The molecule has 1 atom stereocenters. The number of benzene rings is 1. The fourth-order valence-electron chi connectivity index (χ4n) is 2.67. The SMILES string of the molecule is C[C@H](NCCCCn1ccccc1=O)c1ccc2c(c1)OCO2. The van der Waals surface area contributed by atoms with E-state index in [4.69, 9.17) is 9.47 Å². The number of fused-ring (bicyclic) bond motifs is 1. The lowest BCUT2D eigenvalue weighted by Gasteiger charge is -2.15. The lowest BCUT2D eigenvalue weighted by molar-refractivity contribution is 0.174. The Hall–Kier alpha value is -2.27. The zero-order chi connectivity index (χ0) is 16.1. The number of aromatic nitrogens is 1. The van der Waals surface area contributed by atoms with Gasteiger partial charge in [0.15, 0.2) is 11.5 Å². The Morgan fingerprint density at radius 2 is 2.04 bits per heavy atom. The molecule has 0 fully saturated rings. The third-order valence-electron chi connectivity index (χ3n) is 4.07. The molecule has 0 unspecified atom stereocenters. The van der Waals surface area contributed by atoms with Crippen LogP contribution in [-0.2, 0) is 6.54 Å². The number of nitrogens with zero attached hydrogens (tertiary/aromatic N) is 1. The van der Waals surface area contributed by atoms with E-state index in [1.807, 2.05) is 24.4 Å². The monoisotopic (exact) mass is 314 g/mol. The Morgan fingerprint density at radius 3 is 2.91 bits per heavy atom. The first-order valence-corrected chi connectivity index (χ1v) is 8.02. The predicted molar refractivity (Wildman–Crippen MR) is 88.9 cm³/mol. The van der Waals surface area contributed by atoms with E-state index in [9.17, 15) is 4.79 Å². The molecular weight excluding hydrogens is 292 g/mol. The molecule has 0 aliphatic carbocycles. The number of ether oxygens (including phenoxy) is 2. The second kappa shape index (κ2) is 7.33. The van der Waals surface area contributed by atoms with Crippen molar-refractivity contribution < 1.29 is 9.47 Å². The van der Waals surface area contributed by atoms with Crippen LogP contribution in [0.1, 0.15) is 31.4 Å². The van der Waals surface area contributed by atoms with Crippen molar-refractivity contribution >= 4 is 0 Å². The summed E-state index contributed by atoms with van der Waals surface area (Å²) in [6, 6.07) is 11.6. The van der Waals surface area contributed by atoms with Gasteiger partial charge in [0.2, 0.25) is 12.4 Å². The van der Waals surface area contributed by atoms with E-state index in [1.54, 1.807) is 16.7 Å². The van der Waals surface area contributed by atoms with Crippen LogP contribution in [0, 0.1) is 0 Å². The molecule has 5 heteroatoms. The highest BCUT2D eigenvalue weighted by Gasteiger charge is 2.15. The lowest BCUT2D eigenvalue weighted by Crippen LogP contribution is -2.21. The minimum Gasteiger partial charge on any atom is -0.454 e. The molecule has 1 aromatic heterocycles. The highest BCUT2D eigenvalue weighted by atomic mass is 16.7. The van der Waals surface area contributed by atoms with Crippen LogP contribution in [0.15, 0.2) is 47.4 Å². The summed E-state index contributed by atoms with van der Waals surface area (Å²) in [7, 11) is 0. The summed E-state index contributed by atoms with van der Waals surface area (Å²) in [5.41, 5.74) is 1.25. The smallest absolute Gasteiger partial charge is 0.250 e. The molecule has 0 saturated carbocycles. The molecule has 0 radical (unpaired) electrons. The number of rotatable bonds is 7. The zero-order valence-electron chi connectivity index (χ0n) is 13.3. The first-order chi connectivity index (χ1) is 11.2. The number of nitrogens with one attached hydrogen (secondary N) is 1. The molecule has 0 spiro atoms. The quantitative estimate of drug-likeness (QED) is 0.798. The van der Waals surface area contributed by atoms with Gasteiger partial charge in [-0.25, -0.2) is 0 Å². The van der Waals surface area contributed by atoms with Crippen molar-refractivity contribution in [1.29, 1.82) is 0 Å². The van der Waals surface area contributed by atoms with Crippen LogP contribution < -0.4 is 20.3 Å². The molecule has 1 aliphatic rings. The van der Waals surface area contributed by atoms with E-state index in [-0.39, 0.29) is 11.6 Å². The van der Waals surface area contributed by atoms with Crippen LogP contribution >= 0.6 is 0 Å². The highest BCUT2D eigenvalue weighted by molar-refractivity contribution is 5.45. The van der Waals surface area contributed by atoms with E-state index in [1.165, 1.54) is 5.56 Å². The van der Waals surface area contributed by atoms with Crippen LogP contribution in [-0.4, -0.2) is 17.9 Å². The lowest BCUT2D eigenvalue weighted by atomic mass is 10.1. The van der Waals surface area contributed by atoms with Crippen LogP contribution in [0.5, 0.6) is 11.5 Å². The van der Waals surface area contributed by atoms with Crippen molar-refractivity contribution in [3.8, 4) is 11.5 Å². The van der Waals surface area contributed by atoms with Gasteiger partial charge in [0, 0.05) is 24.8 Å². The van der Waals surface area contributed by atoms with E-state index in [2.05, 4.69) is 18.3 Å². The summed E-state index contributed by atoms with van der Waals surface area (Å²) in [5, 5.41) is 3.51. The summed E-state index contributed by atoms with van der Waals surface area (Å²) in [6.07, 6.45) is 3.84. The Kier molecular flexibility index (Phi) is 4.98. The molecule has 1 N–H and O–H groups in total. The number of hydrogen-bond donors (Lipinski definition) is 1. The number of hydrogen-bond acceptors (Lipinski definition) is 4. The van der Waals surface area contributed by atoms with E-state index >= 15 is 0 Å². The van der Waals surface area contributed by atoms with E-state index in [0.717, 1.165) is 37.4 Å². The molecule has 2 heterocycles. The maximum Gasteiger partial charge on any atom is 0.250 e. The van der Waals surface area contributed by atoms with Gasteiger partial charge < -0.3 is 19.4 Å². The van der Waals surface area contributed by atoms with Crippen LogP contribution in [0.4, 0.5) is 0 Å². The number of pyridine rings is 1. The van der Waals surface area contributed by atoms with Crippen LogP contribution in [0.2, 0.25) is 0 Å². The van der Waals surface area contributed by atoms with Gasteiger partial charge in [-0.3, -0.25) is 4.79 Å². The third kappa shape index (κ3) is 3.93. The average molecular weight is 314 g/mol. The van der Waals surface area contributed by atoms with Crippen molar-refractivity contribution in [2.75, 3.05) is 13.3 Å². The standard InChI is InChI=1S/C18H22N2O3/c1-14(15-7-8-16-17(12-15)23-13-22-16)19-9-3-5-11-20-10-4-2-6-18(20)21/h2,4,6-8,10,12,14,19H,3,5,9,11,13H2,1H3/t14-/m0/s1. The topological polar surface area (TPSA) is 52.5 Å². The molecular formula is C18H22N2O3. The second-order valence-corrected chi connectivity index (χ2v) is 5.73. The molecule has 0 amide bonds. The number of aryl methyl sites for hydroxylation is 1. The Balaban J connectivity index is 1.42. The van der Waals surface area contributed by atoms with Gasteiger partial charge in [0.1, 0.15) is 0 Å². The summed E-state index contributed by atoms with van der Waals surface area (Å²) in [5.74, 6) is 1.63. The van der Waals surface area contributed by atoms with Gasteiger partial charge in [0.25, 0.3) is 0 Å². The van der Waals surface area contributed by atoms with Crippen LogP contribution in [0.3, 0.4) is 0 Å². The maximum absolute atomic E-state index is 11.6. The summed E-state index contributed by atoms with van der Waals surface area (Å²) in [4.78, 5) is 11.6. The van der Waals surface area contributed by atoms with Crippen molar-refractivity contribution in [2.45, 2.75) is 32.4 Å². The molecule has 23 heavy (non-hydrogen) atoms. The fraction of sp³-hybridized carbons (Fsp3) is 0.389. The Bertz CT molecular complexity index is 711.